The maximum Gasteiger partial charge on any atom is 0.123 e. The lowest BCUT2D eigenvalue weighted by molar-refractivity contribution is 0.626. The van der Waals surface area contributed by atoms with Crippen LogP contribution in [0.2, 0.25) is 0 Å². The molecule has 1 atom stereocenters. The molecule has 1 unspecified atom stereocenters. The second kappa shape index (κ2) is 3.72. The van der Waals surface area contributed by atoms with Crippen LogP contribution in [0.15, 0.2) is 24.3 Å². The van der Waals surface area contributed by atoms with Gasteiger partial charge in [0, 0.05) is 5.88 Å². The number of rotatable bonds is 2. The summed E-state index contributed by atoms with van der Waals surface area (Å²) in [5.74, 6) is 0.679. The third-order valence-electron chi connectivity index (χ3n) is 1.67. The van der Waals surface area contributed by atoms with Gasteiger partial charge in [0.2, 0.25) is 0 Å². The van der Waals surface area contributed by atoms with Crippen LogP contribution >= 0.6 is 11.6 Å². The Hall–Kier alpha value is -0.560. The second-order valence-corrected chi connectivity index (χ2v) is 2.92. The fourth-order valence-electron chi connectivity index (χ4n) is 0.880. The average molecular weight is 173 g/mol. The summed E-state index contributed by atoms with van der Waals surface area (Å²) in [6, 6.07) is 6.45. The summed E-state index contributed by atoms with van der Waals surface area (Å²) < 4.78 is 12.4. The topological polar surface area (TPSA) is 0 Å². The molecule has 0 nitrogen and oxygen atoms in total. The van der Waals surface area contributed by atoms with E-state index < -0.39 is 0 Å². The normalized spacial score (nSPS) is 13.0. The fraction of sp³-hybridized carbons (Fsp3) is 0.333. The maximum absolute atomic E-state index is 12.4. The predicted octanol–water partition coefficient (Wildman–Crippen LogP) is 3.17. The van der Waals surface area contributed by atoms with Gasteiger partial charge in [-0.15, -0.1) is 11.6 Å². The molecule has 0 amide bonds. The number of hydrogen-bond donors (Lipinski definition) is 0. The third-order valence-corrected chi connectivity index (χ3v) is 2.13. The Balaban J connectivity index is 2.81. The molecule has 11 heavy (non-hydrogen) atoms. The largest absolute Gasteiger partial charge is 0.207 e. The highest BCUT2D eigenvalue weighted by Crippen LogP contribution is 2.16. The standard InChI is InChI=1S/C9H10ClF/c1-7(6-10)8-2-4-9(11)5-3-8/h2-5,7H,6H2,1H3. The Morgan fingerprint density at radius 3 is 2.36 bits per heavy atom. The van der Waals surface area contributed by atoms with Crippen molar-refractivity contribution in [1.82, 2.24) is 0 Å². The quantitative estimate of drug-likeness (QED) is 0.602. The van der Waals surface area contributed by atoms with Gasteiger partial charge >= 0.3 is 0 Å². The van der Waals surface area contributed by atoms with Gasteiger partial charge in [-0.05, 0) is 23.6 Å². The van der Waals surface area contributed by atoms with E-state index in [-0.39, 0.29) is 5.82 Å². The molecule has 1 aromatic carbocycles. The molecule has 0 aromatic heterocycles. The summed E-state index contributed by atoms with van der Waals surface area (Å²) in [4.78, 5) is 0. The van der Waals surface area contributed by atoms with Crippen molar-refractivity contribution < 1.29 is 4.39 Å². The van der Waals surface area contributed by atoms with Gasteiger partial charge in [-0.1, -0.05) is 19.1 Å². The van der Waals surface area contributed by atoms with Gasteiger partial charge in [0.05, 0.1) is 0 Å². The number of benzene rings is 1. The van der Waals surface area contributed by atoms with Crippen LogP contribution in [0.1, 0.15) is 18.4 Å². The van der Waals surface area contributed by atoms with E-state index in [1.165, 1.54) is 12.1 Å². The van der Waals surface area contributed by atoms with Crippen LogP contribution in [0.4, 0.5) is 4.39 Å². The SMILES string of the molecule is CC(CCl)c1ccc(F)cc1. The zero-order valence-corrected chi connectivity index (χ0v) is 7.11. The summed E-state index contributed by atoms with van der Waals surface area (Å²) in [5, 5.41) is 0. The van der Waals surface area contributed by atoms with Crippen molar-refractivity contribution in [3.63, 3.8) is 0 Å². The lowest BCUT2D eigenvalue weighted by Crippen LogP contribution is -1.93. The van der Waals surface area contributed by atoms with E-state index in [4.69, 9.17) is 11.6 Å². The lowest BCUT2D eigenvalue weighted by Gasteiger charge is -2.06. The van der Waals surface area contributed by atoms with Crippen molar-refractivity contribution in [2.75, 3.05) is 5.88 Å². The highest BCUT2D eigenvalue weighted by molar-refractivity contribution is 6.18. The van der Waals surface area contributed by atoms with Gasteiger partial charge in [-0.25, -0.2) is 4.39 Å². The van der Waals surface area contributed by atoms with Crippen LogP contribution in [0.3, 0.4) is 0 Å². The van der Waals surface area contributed by atoms with E-state index in [1.807, 2.05) is 6.92 Å². The van der Waals surface area contributed by atoms with Crippen molar-refractivity contribution in [2.24, 2.45) is 0 Å². The van der Waals surface area contributed by atoms with E-state index >= 15 is 0 Å². The van der Waals surface area contributed by atoms with Crippen molar-refractivity contribution in [3.05, 3.63) is 35.6 Å². The molecule has 1 aromatic rings. The molecule has 0 saturated carbocycles. The van der Waals surface area contributed by atoms with E-state index in [1.54, 1.807) is 12.1 Å². The Kier molecular flexibility index (Phi) is 2.89. The van der Waals surface area contributed by atoms with Crippen LogP contribution in [-0.4, -0.2) is 5.88 Å². The highest BCUT2D eigenvalue weighted by atomic mass is 35.5. The summed E-state index contributed by atoms with van der Waals surface area (Å²) in [6.45, 7) is 2.01. The van der Waals surface area contributed by atoms with E-state index in [9.17, 15) is 4.39 Å². The molecule has 0 spiro atoms. The fourth-order valence-corrected chi connectivity index (χ4v) is 1.06. The average Bonchev–Trinajstić information content (AvgIpc) is 2.05. The lowest BCUT2D eigenvalue weighted by atomic mass is 10.0. The molecule has 0 fully saturated rings. The summed E-state index contributed by atoms with van der Waals surface area (Å²) in [7, 11) is 0. The van der Waals surface area contributed by atoms with Gasteiger partial charge in [-0.3, -0.25) is 0 Å². The zero-order chi connectivity index (χ0) is 8.27. The third kappa shape index (κ3) is 2.19. The smallest absolute Gasteiger partial charge is 0.123 e. The molecule has 0 aliphatic rings. The van der Waals surface area contributed by atoms with E-state index in [2.05, 4.69) is 0 Å². The molecule has 0 saturated heterocycles. The minimum Gasteiger partial charge on any atom is -0.207 e. The number of alkyl halides is 1. The molecule has 2 heteroatoms. The Morgan fingerprint density at radius 1 is 1.36 bits per heavy atom. The molecule has 1 rings (SSSR count). The second-order valence-electron chi connectivity index (χ2n) is 2.61. The van der Waals surface area contributed by atoms with E-state index in [0.29, 0.717) is 11.8 Å². The maximum atomic E-state index is 12.4. The number of halogens is 2. The minimum atomic E-state index is -0.199. The van der Waals surface area contributed by atoms with Crippen LogP contribution in [0.5, 0.6) is 0 Å². The van der Waals surface area contributed by atoms with Crippen molar-refractivity contribution in [3.8, 4) is 0 Å². The molecule has 0 radical (unpaired) electrons. The molecular formula is C9H10ClF. The first-order chi connectivity index (χ1) is 5.24. The first-order valence-electron chi connectivity index (χ1n) is 3.55. The van der Waals surface area contributed by atoms with Crippen LogP contribution in [-0.2, 0) is 0 Å². The van der Waals surface area contributed by atoms with Gasteiger partial charge in [-0.2, -0.15) is 0 Å². The molecule has 0 heterocycles. The molecule has 0 aliphatic heterocycles. The highest BCUT2D eigenvalue weighted by Gasteiger charge is 2.02. The first-order valence-corrected chi connectivity index (χ1v) is 4.09. The van der Waals surface area contributed by atoms with Crippen molar-refractivity contribution >= 4 is 11.6 Å². The molecule has 60 valence electrons. The molecular weight excluding hydrogens is 163 g/mol. The van der Waals surface area contributed by atoms with Crippen molar-refractivity contribution in [1.29, 1.82) is 0 Å². The number of hydrogen-bond acceptors (Lipinski definition) is 0. The first kappa shape index (κ1) is 8.54. The zero-order valence-electron chi connectivity index (χ0n) is 6.35. The predicted molar refractivity (Wildman–Crippen MR) is 45.5 cm³/mol. The monoisotopic (exact) mass is 172 g/mol. The Morgan fingerprint density at radius 2 is 1.91 bits per heavy atom. The van der Waals surface area contributed by atoms with Gasteiger partial charge in [0.1, 0.15) is 5.82 Å². The van der Waals surface area contributed by atoms with Crippen LogP contribution in [0, 0.1) is 5.82 Å². The summed E-state index contributed by atoms with van der Waals surface area (Å²) in [5.41, 5.74) is 1.08. The van der Waals surface area contributed by atoms with Gasteiger partial charge < -0.3 is 0 Å². The van der Waals surface area contributed by atoms with Gasteiger partial charge in [0.15, 0.2) is 0 Å². The summed E-state index contributed by atoms with van der Waals surface area (Å²) in [6.07, 6.45) is 0. The minimum absolute atomic E-state index is 0.199. The Labute approximate surface area is 71.0 Å². The Bertz CT molecular complexity index is 218. The molecule has 0 bridgehead atoms. The van der Waals surface area contributed by atoms with Crippen LogP contribution in [0.25, 0.3) is 0 Å². The molecule has 0 aliphatic carbocycles. The van der Waals surface area contributed by atoms with Crippen LogP contribution < -0.4 is 0 Å². The van der Waals surface area contributed by atoms with Gasteiger partial charge in [0.25, 0.3) is 0 Å². The van der Waals surface area contributed by atoms with Crippen molar-refractivity contribution in [2.45, 2.75) is 12.8 Å². The van der Waals surface area contributed by atoms with E-state index in [0.717, 1.165) is 5.56 Å². The summed E-state index contributed by atoms with van der Waals surface area (Å²) >= 11 is 5.63. The molecule has 0 N–H and O–H groups in total.